The summed E-state index contributed by atoms with van der Waals surface area (Å²) in [7, 11) is 3.20. The van der Waals surface area contributed by atoms with Crippen molar-refractivity contribution in [2.45, 2.75) is 6.42 Å². The molecule has 0 saturated carbocycles. The number of amides is 1. The van der Waals surface area contributed by atoms with Gasteiger partial charge in [-0.2, -0.15) is 0 Å². The number of carboxylic acid groups (broad SMARTS) is 1. The van der Waals surface area contributed by atoms with Crippen LogP contribution in [0, 0.1) is 0 Å². The maximum absolute atomic E-state index is 11.2. The molecular formula is C9H15NO4. The van der Waals surface area contributed by atoms with Gasteiger partial charge in [-0.25, -0.2) is 4.79 Å². The fourth-order valence-electron chi connectivity index (χ4n) is 0.826. The van der Waals surface area contributed by atoms with Crippen molar-refractivity contribution < 1.29 is 19.4 Å². The number of carbonyl (C=O) groups excluding carboxylic acids is 1. The number of carboxylic acids is 1. The summed E-state index contributed by atoms with van der Waals surface area (Å²) in [4.78, 5) is 22.7. The Kier molecular flexibility index (Phi) is 6.39. The Bertz CT molecular complexity index is 225. The molecular weight excluding hydrogens is 186 g/mol. The standard InChI is InChI=1S/C9H15NO4/c1-10(6-3-7-14-2)8(11)4-5-9(12)13/h4-5H,3,6-7H2,1-2H3,(H,12,13). The number of carbonyl (C=O) groups is 2. The van der Waals surface area contributed by atoms with Crippen molar-refractivity contribution in [3.05, 3.63) is 12.2 Å². The summed E-state index contributed by atoms with van der Waals surface area (Å²) in [6, 6.07) is 0. The first-order valence-corrected chi connectivity index (χ1v) is 4.23. The minimum atomic E-state index is -1.12. The number of hydrogen-bond acceptors (Lipinski definition) is 3. The predicted molar refractivity (Wildman–Crippen MR) is 50.9 cm³/mol. The monoisotopic (exact) mass is 201 g/mol. The van der Waals surface area contributed by atoms with E-state index in [1.165, 1.54) is 4.90 Å². The van der Waals surface area contributed by atoms with E-state index in [0.29, 0.717) is 13.2 Å². The average Bonchev–Trinajstić information content (AvgIpc) is 2.14. The van der Waals surface area contributed by atoms with E-state index in [4.69, 9.17) is 9.84 Å². The van der Waals surface area contributed by atoms with Crippen LogP contribution in [0.15, 0.2) is 12.2 Å². The van der Waals surface area contributed by atoms with E-state index < -0.39 is 5.97 Å². The van der Waals surface area contributed by atoms with Crippen LogP contribution in [0.3, 0.4) is 0 Å². The van der Waals surface area contributed by atoms with Crippen LogP contribution in [0.5, 0.6) is 0 Å². The number of hydrogen-bond donors (Lipinski definition) is 1. The topological polar surface area (TPSA) is 66.8 Å². The third kappa shape index (κ3) is 6.19. The molecule has 0 rings (SSSR count). The molecule has 0 bridgehead atoms. The van der Waals surface area contributed by atoms with Gasteiger partial charge in [-0.15, -0.1) is 0 Å². The smallest absolute Gasteiger partial charge is 0.328 e. The van der Waals surface area contributed by atoms with E-state index in [1.807, 2.05) is 0 Å². The van der Waals surface area contributed by atoms with Crippen molar-refractivity contribution in [3.8, 4) is 0 Å². The molecule has 1 amide bonds. The molecule has 0 heterocycles. The number of rotatable bonds is 6. The van der Waals surface area contributed by atoms with Crippen molar-refractivity contribution in [1.82, 2.24) is 4.90 Å². The molecule has 0 radical (unpaired) electrons. The molecule has 0 fully saturated rings. The molecule has 5 heteroatoms. The predicted octanol–water partition coefficient (Wildman–Crippen LogP) is 0.122. The summed E-state index contributed by atoms with van der Waals surface area (Å²) in [6.45, 7) is 1.14. The SMILES string of the molecule is COCCCN(C)C(=O)C=CC(=O)O. The average molecular weight is 201 g/mol. The summed E-state index contributed by atoms with van der Waals surface area (Å²) < 4.78 is 4.82. The maximum atomic E-state index is 11.2. The lowest BCUT2D eigenvalue weighted by Crippen LogP contribution is -2.26. The largest absolute Gasteiger partial charge is 0.478 e. The van der Waals surface area contributed by atoms with Gasteiger partial charge in [-0.1, -0.05) is 0 Å². The van der Waals surface area contributed by atoms with Crippen LogP contribution in [0.4, 0.5) is 0 Å². The molecule has 0 unspecified atom stereocenters. The number of nitrogens with zero attached hydrogens (tertiary/aromatic N) is 1. The van der Waals surface area contributed by atoms with Gasteiger partial charge in [-0.3, -0.25) is 4.79 Å². The van der Waals surface area contributed by atoms with Gasteiger partial charge in [0.1, 0.15) is 0 Å². The van der Waals surface area contributed by atoms with Gasteiger partial charge < -0.3 is 14.7 Å². The van der Waals surface area contributed by atoms with Crippen LogP contribution in [-0.2, 0) is 14.3 Å². The van der Waals surface area contributed by atoms with E-state index in [1.54, 1.807) is 14.2 Å². The van der Waals surface area contributed by atoms with Crippen molar-refractivity contribution in [1.29, 1.82) is 0 Å². The van der Waals surface area contributed by atoms with E-state index in [9.17, 15) is 9.59 Å². The fraction of sp³-hybridized carbons (Fsp3) is 0.556. The van der Waals surface area contributed by atoms with Gasteiger partial charge in [0, 0.05) is 39.5 Å². The number of methoxy groups -OCH3 is 1. The summed E-state index contributed by atoms with van der Waals surface area (Å²) >= 11 is 0. The molecule has 14 heavy (non-hydrogen) atoms. The minimum absolute atomic E-state index is 0.316. The highest BCUT2D eigenvalue weighted by Crippen LogP contribution is 1.91. The molecule has 0 atom stereocenters. The first-order chi connectivity index (χ1) is 6.57. The number of aliphatic carboxylic acids is 1. The minimum Gasteiger partial charge on any atom is -0.478 e. The van der Waals surface area contributed by atoms with Gasteiger partial charge in [0.25, 0.3) is 0 Å². The van der Waals surface area contributed by atoms with Crippen LogP contribution >= 0.6 is 0 Å². The fourth-order valence-corrected chi connectivity index (χ4v) is 0.826. The van der Waals surface area contributed by atoms with Gasteiger partial charge in [0.2, 0.25) is 5.91 Å². The highest BCUT2D eigenvalue weighted by atomic mass is 16.5. The first kappa shape index (κ1) is 12.6. The Morgan fingerprint density at radius 2 is 2.07 bits per heavy atom. The van der Waals surface area contributed by atoms with Crippen molar-refractivity contribution >= 4 is 11.9 Å². The van der Waals surface area contributed by atoms with Crippen LogP contribution in [0.1, 0.15) is 6.42 Å². The van der Waals surface area contributed by atoms with Gasteiger partial charge >= 0.3 is 5.97 Å². The Morgan fingerprint density at radius 1 is 1.43 bits per heavy atom. The normalized spacial score (nSPS) is 10.4. The Hall–Kier alpha value is -1.36. The zero-order valence-corrected chi connectivity index (χ0v) is 8.40. The molecule has 0 aromatic rings. The number of likely N-dealkylation sites (N-methyl/N-ethyl adjacent to an activating group) is 1. The highest BCUT2D eigenvalue weighted by molar-refractivity contribution is 5.93. The Labute approximate surface area is 83.0 Å². The van der Waals surface area contributed by atoms with Crippen LogP contribution in [0.25, 0.3) is 0 Å². The van der Waals surface area contributed by atoms with Crippen molar-refractivity contribution in [3.63, 3.8) is 0 Å². The maximum Gasteiger partial charge on any atom is 0.328 e. The second-order valence-corrected chi connectivity index (χ2v) is 2.78. The molecule has 80 valence electrons. The van der Waals surface area contributed by atoms with E-state index in [2.05, 4.69) is 0 Å². The first-order valence-electron chi connectivity index (χ1n) is 4.23. The molecule has 0 spiro atoms. The third-order valence-electron chi connectivity index (χ3n) is 1.59. The van der Waals surface area contributed by atoms with E-state index >= 15 is 0 Å². The molecule has 0 aliphatic carbocycles. The molecule has 1 N–H and O–H groups in total. The van der Waals surface area contributed by atoms with Crippen LogP contribution in [-0.4, -0.2) is 49.2 Å². The third-order valence-corrected chi connectivity index (χ3v) is 1.59. The quantitative estimate of drug-likeness (QED) is 0.489. The molecule has 0 aliphatic rings. The van der Waals surface area contributed by atoms with Gasteiger partial charge in [0.05, 0.1) is 0 Å². The summed E-state index contributed by atoms with van der Waals surface area (Å²) in [5, 5.41) is 8.28. The summed E-state index contributed by atoms with van der Waals surface area (Å²) in [5.74, 6) is -1.44. The molecule has 0 aromatic heterocycles. The van der Waals surface area contributed by atoms with Crippen LogP contribution in [0.2, 0.25) is 0 Å². The lowest BCUT2D eigenvalue weighted by Gasteiger charge is -2.13. The second-order valence-electron chi connectivity index (χ2n) is 2.78. The lowest BCUT2D eigenvalue weighted by atomic mass is 10.4. The summed E-state index contributed by atoms with van der Waals surface area (Å²) in [5.41, 5.74) is 0. The Balaban J connectivity index is 3.81. The van der Waals surface area contributed by atoms with Crippen molar-refractivity contribution in [2.75, 3.05) is 27.3 Å². The van der Waals surface area contributed by atoms with E-state index in [-0.39, 0.29) is 5.91 Å². The van der Waals surface area contributed by atoms with Gasteiger partial charge in [0.15, 0.2) is 0 Å². The molecule has 0 aliphatic heterocycles. The van der Waals surface area contributed by atoms with Gasteiger partial charge in [-0.05, 0) is 6.42 Å². The molecule has 5 nitrogen and oxygen atoms in total. The summed E-state index contributed by atoms with van der Waals surface area (Å²) in [6.07, 6.45) is 2.60. The van der Waals surface area contributed by atoms with Crippen LogP contribution < -0.4 is 0 Å². The lowest BCUT2D eigenvalue weighted by molar-refractivity contribution is -0.132. The van der Waals surface area contributed by atoms with Crippen molar-refractivity contribution in [2.24, 2.45) is 0 Å². The van der Waals surface area contributed by atoms with E-state index in [0.717, 1.165) is 18.6 Å². The zero-order valence-electron chi connectivity index (χ0n) is 8.40. The molecule has 0 aromatic carbocycles. The molecule has 0 saturated heterocycles. The second kappa shape index (κ2) is 7.08. The number of ether oxygens (including phenoxy) is 1. The highest BCUT2D eigenvalue weighted by Gasteiger charge is 2.04. The zero-order chi connectivity index (χ0) is 11.0. The Morgan fingerprint density at radius 3 is 2.57 bits per heavy atom.